The maximum atomic E-state index is 12.2. The molecule has 14 heavy (non-hydrogen) atoms. The second kappa shape index (κ2) is 3.89. The number of halogens is 4. The van der Waals surface area contributed by atoms with Gasteiger partial charge in [-0.1, -0.05) is 0 Å². The summed E-state index contributed by atoms with van der Waals surface area (Å²) < 4.78 is 36.6. The standard InChI is InChI=1S/C9H5ClF3N/c10-4-7-3-8(9(11,12)13)2-1-6(7)5-14/h1-3H,4H2. The summed E-state index contributed by atoms with van der Waals surface area (Å²) in [6.07, 6.45) is -4.39. The lowest BCUT2D eigenvalue weighted by Crippen LogP contribution is -2.05. The van der Waals surface area contributed by atoms with Crippen LogP contribution in [0.15, 0.2) is 18.2 Å². The van der Waals surface area contributed by atoms with Gasteiger partial charge in [0.25, 0.3) is 0 Å². The van der Waals surface area contributed by atoms with Crippen molar-refractivity contribution in [2.24, 2.45) is 0 Å². The van der Waals surface area contributed by atoms with E-state index in [9.17, 15) is 13.2 Å². The van der Waals surface area contributed by atoms with Gasteiger partial charge in [0.2, 0.25) is 0 Å². The predicted octanol–water partition coefficient (Wildman–Crippen LogP) is 3.32. The van der Waals surface area contributed by atoms with E-state index < -0.39 is 11.7 Å². The Kier molecular flexibility index (Phi) is 3.02. The van der Waals surface area contributed by atoms with E-state index >= 15 is 0 Å². The molecule has 1 nitrogen and oxygen atoms in total. The molecule has 0 radical (unpaired) electrons. The van der Waals surface area contributed by atoms with E-state index in [4.69, 9.17) is 16.9 Å². The van der Waals surface area contributed by atoms with E-state index in [1.54, 1.807) is 6.07 Å². The third-order valence-corrected chi connectivity index (χ3v) is 1.98. The minimum Gasteiger partial charge on any atom is -0.192 e. The molecule has 0 unspecified atom stereocenters. The molecule has 0 saturated carbocycles. The van der Waals surface area contributed by atoms with Gasteiger partial charge in [-0.05, 0) is 23.8 Å². The minimum absolute atomic E-state index is 0.104. The first-order chi connectivity index (χ1) is 6.49. The van der Waals surface area contributed by atoms with E-state index in [1.807, 2.05) is 0 Å². The van der Waals surface area contributed by atoms with Crippen molar-refractivity contribution >= 4 is 11.6 Å². The molecule has 0 aliphatic carbocycles. The van der Waals surface area contributed by atoms with Crippen LogP contribution >= 0.6 is 11.6 Å². The number of nitrogens with zero attached hydrogens (tertiary/aromatic N) is 1. The number of benzene rings is 1. The zero-order valence-corrected chi connectivity index (χ0v) is 7.65. The maximum Gasteiger partial charge on any atom is 0.416 e. The van der Waals surface area contributed by atoms with Crippen LogP contribution in [0, 0.1) is 11.3 Å². The van der Waals surface area contributed by atoms with Gasteiger partial charge in [0.05, 0.1) is 17.2 Å². The minimum atomic E-state index is -4.39. The van der Waals surface area contributed by atoms with Crippen molar-refractivity contribution in [3.05, 3.63) is 34.9 Å². The summed E-state index contributed by atoms with van der Waals surface area (Å²) >= 11 is 5.41. The highest BCUT2D eigenvalue weighted by Gasteiger charge is 2.30. The zero-order chi connectivity index (χ0) is 10.8. The summed E-state index contributed by atoms with van der Waals surface area (Å²) in [5, 5.41) is 8.55. The van der Waals surface area contributed by atoms with Crippen LogP contribution in [-0.4, -0.2) is 0 Å². The largest absolute Gasteiger partial charge is 0.416 e. The Labute approximate surface area is 83.7 Å². The molecule has 0 fully saturated rings. The van der Waals surface area contributed by atoms with Gasteiger partial charge in [-0.15, -0.1) is 11.6 Å². The summed E-state index contributed by atoms with van der Waals surface area (Å²) in [4.78, 5) is 0. The van der Waals surface area contributed by atoms with Crippen molar-refractivity contribution < 1.29 is 13.2 Å². The summed E-state index contributed by atoms with van der Waals surface area (Å²) in [5.74, 6) is -0.104. The summed E-state index contributed by atoms with van der Waals surface area (Å²) in [5.41, 5.74) is -0.413. The number of alkyl halides is 4. The fourth-order valence-electron chi connectivity index (χ4n) is 0.990. The van der Waals surface area contributed by atoms with Crippen LogP contribution in [-0.2, 0) is 12.1 Å². The summed E-state index contributed by atoms with van der Waals surface area (Å²) in [6, 6.07) is 4.66. The lowest BCUT2D eigenvalue weighted by molar-refractivity contribution is -0.137. The number of rotatable bonds is 1. The van der Waals surface area contributed by atoms with Gasteiger partial charge in [0, 0.05) is 5.88 Å². The van der Waals surface area contributed by atoms with Gasteiger partial charge in [-0.25, -0.2) is 0 Å². The van der Waals surface area contributed by atoms with Gasteiger partial charge >= 0.3 is 6.18 Å². The molecule has 5 heteroatoms. The summed E-state index contributed by atoms with van der Waals surface area (Å²) in [7, 11) is 0. The van der Waals surface area contributed by atoms with Crippen LogP contribution in [0.4, 0.5) is 13.2 Å². The van der Waals surface area contributed by atoms with Gasteiger partial charge in [-0.3, -0.25) is 0 Å². The van der Waals surface area contributed by atoms with Crippen LogP contribution in [0.1, 0.15) is 16.7 Å². The van der Waals surface area contributed by atoms with Crippen LogP contribution < -0.4 is 0 Å². The smallest absolute Gasteiger partial charge is 0.192 e. The predicted molar refractivity (Wildman–Crippen MR) is 45.7 cm³/mol. The monoisotopic (exact) mass is 219 g/mol. The molecule has 0 spiro atoms. The van der Waals surface area contributed by atoms with Crippen molar-refractivity contribution in [3.8, 4) is 6.07 Å². The summed E-state index contributed by atoms with van der Waals surface area (Å²) in [6.45, 7) is 0. The Balaban J connectivity index is 3.23. The molecular weight excluding hydrogens is 215 g/mol. The Bertz CT molecular complexity index is 379. The fraction of sp³-hybridized carbons (Fsp3) is 0.222. The Morgan fingerprint density at radius 1 is 1.36 bits per heavy atom. The van der Waals surface area contributed by atoms with Crippen molar-refractivity contribution in [2.45, 2.75) is 12.1 Å². The molecule has 1 rings (SSSR count). The second-order valence-corrected chi connectivity index (χ2v) is 2.88. The average molecular weight is 220 g/mol. The van der Waals surface area contributed by atoms with E-state index in [0.29, 0.717) is 0 Å². The van der Waals surface area contributed by atoms with Crippen molar-refractivity contribution in [1.29, 1.82) is 5.26 Å². The molecule has 0 bridgehead atoms. The zero-order valence-electron chi connectivity index (χ0n) is 6.90. The van der Waals surface area contributed by atoms with Crippen molar-refractivity contribution in [1.82, 2.24) is 0 Å². The molecule has 0 amide bonds. The number of hydrogen-bond donors (Lipinski definition) is 0. The van der Waals surface area contributed by atoms with Crippen LogP contribution in [0.5, 0.6) is 0 Å². The van der Waals surface area contributed by atoms with Gasteiger partial charge < -0.3 is 0 Å². The SMILES string of the molecule is N#Cc1ccc(C(F)(F)F)cc1CCl. The van der Waals surface area contributed by atoms with Crippen molar-refractivity contribution in [2.75, 3.05) is 0 Å². The van der Waals surface area contributed by atoms with E-state index in [0.717, 1.165) is 18.2 Å². The molecule has 0 aliphatic heterocycles. The molecule has 0 N–H and O–H groups in total. The first-order valence-electron chi connectivity index (χ1n) is 3.65. The Morgan fingerprint density at radius 2 is 2.00 bits per heavy atom. The fourth-order valence-corrected chi connectivity index (χ4v) is 1.21. The quantitative estimate of drug-likeness (QED) is 0.665. The normalized spacial score (nSPS) is 11.1. The van der Waals surface area contributed by atoms with Crippen LogP contribution in [0.3, 0.4) is 0 Å². The first-order valence-corrected chi connectivity index (χ1v) is 4.18. The van der Waals surface area contributed by atoms with Gasteiger partial charge in [0.15, 0.2) is 0 Å². The highest BCUT2D eigenvalue weighted by molar-refractivity contribution is 6.17. The van der Waals surface area contributed by atoms with E-state index in [-0.39, 0.29) is 17.0 Å². The third kappa shape index (κ3) is 2.18. The lowest BCUT2D eigenvalue weighted by Gasteiger charge is -2.08. The molecule has 1 aromatic carbocycles. The molecule has 0 heterocycles. The van der Waals surface area contributed by atoms with Gasteiger partial charge in [-0.2, -0.15) is 18.4 Å². The number of nitriles is 1. The Hall–Kier alpha value is -1.21. The maximum absolute atomic E-state index is 12.2. The molecular formula is C9H5ClF3N. The average Bonchev–Trinajstić information content (AvgIpc) is 2.15. The van der Waals surface area contributed by atoms with Crippen LogP contribution in [0.2, 0.25) is 0 Å². The van der Waals surface area contributed by atoms with E-state index in [1.165, 1.54) is 0 Å². The molecule has 0 aromatic heterocycles. The Morgan fingerprint density at radius 3 is 2.43 bits per heavy atom. The second-order valence-electron chi connectivity index (χ2n) is 2.62. The topological polar surface area (TPSA) is 23.8 Å². The lowest BCUT2D eigenvalue weighted by atomic mass is 10.1. The third-order valence-electron chi connectivity index (χ3n) is 1.70. The highest BCUT2D eigenvalue weighted by Crippen LogP contribution is 2.30. The molecule has 0 atom stereocenters. The van der Waals surface area contributed by atoms with Crippen molar-refractivity contribution in [3.63, 3.8) is 0 Å². The molecule has 0 saturated heterocycles. The van der Waals surface area contributed by atoms with Gasteiger partial charge in [0.1, 0.15) is 0 Å². The first kappa shape index (κ1) is 10.9. The molecule has 74 valence electrons. The molecule has 1 aromatic rings. The molecule has 0 aliphatic rings. The van der Waals surface area contributed by atoms with E-state index in [2.05, 4.69) is 0 Å². The highest BCUT2D eigenvalue weighted by atomic mass is 35.5. The number of hydrogen-bond acceptors (Lipinski definition) is 1. The van der Waals surface area contributed by atoms with Crippen LogP contribution in [0.25, 0.3) is 0 Å².